The molecule has 1 aliphatic carbocycles. The van der Waals surface area contributed by atoms with E-state index in [1.165, 1.54) is 4.70 Å². The van der Waals surface area contributed by atoms with Crippen LogP contribution in [0.5, 0.6) is 0 Å². The number of hydrogen-bond donors (Lipinski definition) is 1. The van der Waals surface area contributed by atoms with E-state index in [1.807, 2.05) is 18.2 Å². The van der Waals surface area contributed by atoms with Gasteiger partial charge in [0.1, 0.15) is 0 Å². The van der Waals surface area contributed by atoms with Crippen LogP contribution in [0.3, 0.4) is 0 Å². The molecule has 2 amide bonds. The van der Waals surface area contributed by atoms with E-state index >= 15 is 0 Å². The Balaban J connectivity index is 1.34. The lowest BCUT2D eigenvalue weighted by Gasteiger charge is -2.34. The Kier molecular flexibility index (Phi) is 4.67. The second kappa shape index (κ2) is 6.94. The molecule has 2 heterocycles. The standard InChI is InChI=1S/C18H20ClN3O2S/c19-16-13-3-1-2-4-14(13)25-15(16)11-21-7-9-22(10-8-21)18(24)17(23)20-12-5-6-12/h1-4,12H,5-11H2,(H,20,23). The van der Waals surface area contributed by atoms with E-state index in [1.54, 1.807) is 16.2 Å². The summed E-state index contributed by atoms with van der Waals surface area (Å²) in [5, 5.41) is 4.71. The number of halogens is 1. The third kappa shape index (κ3) is 3.66. The summed E-state index contributed by atoms with van der Waals surface area (Å²) < 4.78 is 1.20. The molecule has 7 heteroatoms. The summed E-state index contributed by atoms with van der Waals surface area (Å²) in [7, 11) is 0. The Morgan fingerprint density at radius 3 is 2.56 bits per heavy atom. The van der Waals surface area contributed by atoms with Crippen LogP contribution >= 0.6 is 22.9 Å². The summed E-state index contributed by atoms with van der Waals surface area (Å²) in [6.07, 6.45) is 1.98. The maximum Gasteiger partial charge on any atom is 0.311 e. The molecule has 4 rings (SSSR count). The van der Waals surface area contributed by atoms with Crippen molar-refractivity contribution >= 4 is 44.8 Å². The molecule has 1 aliphatic heterocycles. The highest BCUT2D eigenvalue weighted by Crippen LogP contribution is 2.36. The van der Waals surface area contributed by atoms with Crippen molar-refractivity contribution in [2.24, 2.45) is 0 Å². The fourth-order valence-electron chi connectivity index (χ4n) is 3.10. The Morgan fingerprint density at radius 2 is 1.88 bits per heavy atom. The summed E-state index contributed by atoms with van der Waals surface area (Å²) in [5.74, 6) is -0.852. The van der Waals surface area contributed by atoms with Crippen LogP contribution in [0.15, 0.2) is 24.3 Å². The van der Waals surface area contributed by atoms with Gasteiger partial charge in [0.05, 0.1) is 5.02 Å². The topological polar surface area (TPSA) is 52.7 Å². The fourth-order valence-corrected chi connectivity index (χ4v) is 4.63. The first-order valence-electron chi connectivity index (χ1n) is 8.60. The highest BCUT2D eigenvalue weighted by Gasteiger charge is 2.30. The van der Waals surface area contributed by atoms with Crippen molar-refractivity contribution in [2.45, 2.75) is 25.4 Å². The van der Waals surface area contributed by atoms with Gasteiger partial charge in [-0.15, -0.1) is 11.3 Å². The predicted molar refractivity (Wildman–Crippen MR) is 99.9 cm³/mol. The molecule has 25 heavy (non-hydrogen) atoms. The van der Waals surface area contributed by atoms with E-state index in [0.29, 0.717) is 13.1 Å². The van der Waals surface area contributed by atoms with E-state index in [9.17, 15) is 9.59 Å². The van der Waals surface area contributed by atoms with Crippen molar-refractivity contribution in [3.63, 3.8) is 0 Å². The summed E-state index contributed by atoms with van der Waals surface area (Å²) in [5.41, 5.74) is 0. The molecule has 5 nitrogen and oxygen atoms in total. The Bertz CT molecular complexity index is 810. The Morgan fingerprint density at radius 1 is 1.16 bits per heavy atom. The van der Waals surface area contributed by atoms with Crippen LogP contribution in [0, 0.1) is 0 Å². The summed E-state index contributed by atoms with van der Waals surface area (Å²) in [4.78, 5) is 29.2. The van der Waals surface area contributed by atoms with E-state index < -0.39 is 11.8 Å². The molecule has 2 fully saturated rings. The molecule has 0 atom stereocenters. The molecule has 0 unspecified atom stereocenters. The summed E-state index contributed by atoms with van der Waals surface area (Å²) >= 11 is 8.24. The third-order valence-corrected chi connectivity index (χ3v) is 6.43. The number of fused-ring (bicyclic) bond motifs is 1. The summed E-state index contributed by atoms with van der Waals surface area (Å²) in [6, 6.07) is 8.38. The SMILES string of the molecule is O=C(NC1CC1)C(=O)N1CCN(Cc2sc3ccccc3c2Cl)CC1. The molecule has 0 bridgehead atoms. The lowest BCUT2D eigenvalue weighted by atomic mass is 10.2. The first kappa shape index (κ1) is 16.8. The zero-order valence-electron chi connectivity index (χ0n) is 13.8. The van der Waals surface area contributed by atoms with Crippen LogP contribution in [-0.4, -0.2) is 53.8 Å². The van der Waals surface area contributed by atoms with Crippen LogP contribution < -0.4 is 5.32 Å². The Labute approximate surface area is 155 Å². The van der Waals surface area contributed by atoms with Crippen LogP contribution in [0.1, 0.15) is 17.7 Å². The monoisotopic (exact) mass is 377 g/mol. The zero-order chi connectivity index (χ0) is 17.4. The number of thiophene rings is 1. The highest BCUT2D eigenvalue weighted by atomic mass is 35.5. The van der Waals surface area contributed by atoms with Gasteiger partial charge in [-0.2, -0.15) is 0 Å². The van der Waals surface area contributed by atoms with Gasteiger partial charge in [-0.3, -0.25) is 14.5 Å². The number of amides is 2. The molecule has 1 aromatic heterocycles. The predicted octanol–water partition coefficient (Wildman–Crippen LogP) is 2.48. The lowest BCUT2D eigenvalue weighted by Crippen LogP contribution is -2.52. The third-order valence-electron chi connectivity index (χ3n) is 4.74. The average Bonchev–Trinajstić information content (AvgIpc) is 3.39. The Hall–Kier alpha value is -1.63. The van der Waals surface area contributed by atoms with Crippen molar-refractivity contribution < 1.29 is 9.59 Å². The van der Waals surface area contributed by atoms with Crippen LogP contribution in [0.25, 0.3) is 10.1 Å². The molecule has 1 N–H and O–H groups in total. The molecule has 1 saturated carbocycles. The second-order valence-corrected chi connectivity index (χ2v) is 8.17. The highest BCUT2D eigenvalue weighted by molar-refractivity contribution is 7.19. The minimum Gasteiger partial charge on any atom is -0.345 e. The van der Waals surface area contributed by atoms with E-state index in [2.05, 4.69) is 16.3 Å². The minimum atomic E-state index is -0.455. The van der Waals surface area contributed by atoms with Crippen LogP contribution in [0.2, 0.25) is 5.02 Å². The van der Waals surface area contributed by atoms with Crippen LogP contribution in [0.4, 0.5) is 0 Å². The van der Waals surface area contributed by atoms with Crippen LogP contribution in [-0.2, 0) is 16.1 Å². The van der Waals surface area contributed by atoms with Crippen molar-refractivity contribution in [3.05, 3.63) is 34.2 Å². The number of rotatable bonds is 3. The largest absolute Gasteiger partial charge is 0.345 e. The molecule has 0 spiro atoms. The van der Waals surface area contributed by atoms with Crippen molar-refractivity contribution in [1.82, 2.24) is 15.1 Å². The minimum absolute atomic E-state index is 0.216. The molecular formula is C18H20ClN3O2S. The van der Waals surface area contributed by atoms with Crippen molar-refractivity contribution in [2.75, 3.05) is 26.2 Å². The molecular weight excluding hydrogens is 358 g/mol. The van der Waals surface area contributed by atoms with Gasteiger partial charge in [-0.1, -0.05) is 29.8 Å². The van der Waals surface area contributed by atoms with E-state index in [4.69, 9.17) is 11.6 Å². The normalized spacial score (nSPS) is 18.5. The maximum atomic E-state index is 12.2. The number of hydrogen-bond acceptors (Lipinski definition) is 4. The molecule has 1 aromatic carbocycles. The van der Waals surface area contributed by atoms with Gasteiger partial charge in [0.15, 0.2) is 0 Å². The fraction of sp³-hybridized carbons (Fsp3) is 0.444. The molecule has 2 aromatic rings. The van der Waals surface area contributed by atoms with Gasteiger partial charge in [-0.05, 0) is 18.9 Å². The van der Waals surface area contributed by atoms with Gasteiger partial charge in [0.25, 0.3) is 0 Å². The number of piperazine rings is 1. The summed E-state index contributed by atoms with van der Waals surface area (Å²) in [6.45, 7) is 3.47. The average molecular weight is 378 g/mol. The number of carbonyl (C=O) groups excluding carboxylic acids is 2. The first-order chi connectivity index (χ1) is 12.1. The molecule has 1 saturated heterocycles. The number of nitrogens with one attached hydrogen (secondary N) is 1. The number of carbonyl (C=O) groups is 2. The number of nitrogens with zero attached hydrogens (tertiary/aromatic N) is 2. The van der Waals surface area contributed by atoms with Crippen molar-refractivity contribution in [3.8, 4) is 0 Å². The van der Waals surface area contributed by atoms with Gasteiger partial charge in [0, 0.05) is 53.7 Å². The van der Waals surface area contributed by atoms with Gasteiger partial charge >= 0.3 is 11.8 Å². The van der Waals surface area contributed by atoms with Gasteiger partial charge in [-0.25, -0.2) is 0 Å². The van der Waals surface area contributed by atoms with E-state index in [0.717, 1.165) is 47.8 Å². The quantitative estimate of drug-likeness (QED) is 0.836. The maximum absolute atomic E-state index is 12.2. The molecule has 2 aliphatic rings. The second-order valence-electron chi connectivity index (χ2n) is 6.65. The van der Waals surface area contributed by atoms with Gasteiger partial charge < -0.3 is 10.2 Å². The first-order valence-corrected chi connectivity index (χ1v) is 9.79. The van der Waals surface area contributed by atoms with E-state index in [-0.39, 0.29) is 6.04 Å². The van der Waals surface area contributed by atoms with Crippen molar-refractivity contribution in [1.29, 1.82) is 0 Å². The lowest BCUT2D eigenvalue weighted by molar-refractivity contribution is -0.147. The smallest absolute Gasteiger partial charge is 0.311 e. The zero-order valence-corrected chi connectivity index (χ0v) is 15.4. The number of benzene rings is 1. The molecule has 0 radical (unpaired) electrons. The van der Waals surface area contributed by atoms with Gasteiger partial charge in [0.2, 0.25) is 0 Å². The molecule has 132 valence electrons.